The average Bonchev–Trinajstić information content (AvgIpc) is 2.66. The second-order valence-electron chi connectivity index (χ2n) is 5.50. The van der Waals surface area contributed by atoms with Crippen molar-refractivity contribution in [3.63, 3.8) is 0 Å². The summed E-state index contributed by atoms with van der Waals surface area (Å²) in [6, 6.07) is 0.698. The van der Waals surface area contributed by atoms with E-state index < -0.39 is 0 Å². The average molecular weight is 209 g/mol. The third kappa shape index (κ3) is 2.41. The van der Waals surface area contributed by atoms with E-state index in [4.69, 9.17) is 0 Å². The van der Waals surface area contributed by atoms with Crippen molar-refractivity contribution in [3.05, 3.63) is 0 Å². The van der Waals surface area contributed by atoms with Crippen LogP contribution in [-0.4, -0.2) is 30.3 Å². The lowest BCUT2D eigenvalue weighted by Crippen LogP contribution is -2.41. The summed E-state index contributed by atoms with van der Waals surface area (Å²) >= 11 is 0. The molecule has 1 aliphatic carbocycles. The lowest BCUT2D eigenvalue weighted by molar-refractivity contribution is -0.119. The normalized spacial score (nSPS) is 31.7. The summed E-state index contributed by atoms with van der Waals surface area (Å²) in [5.41, 5.74) is 0.0108. The molecule has 2 rings (SSSR count). The van der Waals surface area contributed by atoms with Crippen molar-refractivity contribution >= 4 is 6.29 Å². The molecule has 0 aromatic carbocycles. The van der Waals surface area contributed by atoms with E-state index in [0.717, 1.165) is 19.4 Å². The molecule has 0 radical (unpaired) electrons. The number of hydrogen-bond acceptors (Lipinski definition) is 2. The molecule has 2 fully saturated rings. The minimum Gasteiger partial charge on any atom is -0.303 e. The van der Waals surface area contributed by atoms with Gasteiger partial charge in [0.25, 0.3) is 0 Å². The van der Waals surface area contributed by atoms with Crippen molar-refractivity contribution in [1.29, 1.82) is 0 Å². The first-order valence-electron chi connectivity index (χ1n) is 6.46. The van der Waals surface area contributed by atoms with E-state index in [-0.39, 0.29) is 5.41 Å². The molecule has 2 heteroatoms. The van der Waals surface area contributed by atoms with Crippen LogP contribution in [0.15, 0.2) is 0 Å². The Morgan fingerprint density at radius 2 is 2.00 bits per heavy atom. The van der Waals surface area contributed by atoms with E-state index in [9.17, 15) is 4.79 Å². The fourth-order valence-corrected chi connectivity index (χ4v) is 3.20. The number of carbonyl (C=O) groups is 1. The molecule has 0 aromatic rings. The molecule has 2 nitrogen and oxygen atoms in total. The van der Waals surface area contributed by atoms with Crippen LogP contribution in [0.5, 0.6) is 0 Å². The maximum Gasteiger partial charge on any atom is 0.127 e. The van der Waals surface area contributed by atoms with Crippen LogP contribution in [0.25, 0.3) is 0 Å². The Labute approximate surface area is 93.0 Å². The largest absolute Gasteiger partial charge is 0.303 e. The van der Waals surface area contributed by atoms with E-state index in [2.05, 4.69) is 11.8 Å². The van der Waals surface area contributed by atoms with Gasteiger partial charge in [-0.15, -0.1) is 0 Å². The van der Waals surface area contributed by atoms with Crippen molar-refractivity contribution < 1.29 is 4.79 Å². The second-order valence-corrected chi connectivity index (χ2v) is 5.50. The first kappa shape index (κ1) is 11.1. The SMILES string of the molecule is CC1CCCN1CC1(C=O)CCCCC1. The molecular weight excluding hydrogens is 186 g/mol. The summed E-state index contributed by atoms with van der Waals surface area (Å²) in [7, 11) is 0. The molecule has 0 amide bonds. The molecular formula is C13H23NO. The van der Waals surface area contributed by atoms with Crippen molar-refractivity contribution in [1.82, 2.24) is 4.90 Å². The van der Waals surface area contributed by atoms with Crippen molar-refractivity contribution in [2.75, 3.05) is 13.1 Å². The minimum atomic E-state index is 0.0108. The van der Waals surface area contributed by atoms with E-state index in [1.807, 2.05) is 0 Å². The number of rotatable bonds is 3. The molecule has 0 aromatic heterocycles. The van der Waals surface area contributed by atoms with E-state index >= 15 is 0 Å². The third-order valence-electron chi connectivity index (χ3n) is 4.31. The lowest BCUT2D eigenvalue weighted by Gasteiger charge is -2.37. The summed E-state index contributed by atoms with van der Waals surface area (Å²) in [4.78, 5) is 13.9. The highest BCUT2D eigenvalue weighted by Crippen LogP contribution is 2.36. The summed E-state index contributed by atoms with van der Waals surface area (Å²) in [6.07, 6.45) is 9.97. The Balaban J connectivity index is 1.97. The highest BCUT2D eigenvalue weighted by atomic mass is 16.1. The Morgan fingerprint density at radius 1 is 1.27 bits per heavy atom. The number of hydrogen-bond donors (Lipinski definition) is 0. The van der Waals surface area contributed by atoms with E-state index in [0.29, 0.717) is 6.04 Å². The fourth-order valence-electron chi connectivity index (χ4n) is 3.20. The van der Waals surface area contributed by atoms with Crippen LogP contribution in [0.3, 0.4) is 0 Å². The third-order valence-corrected chi connectivity index (χ3v) is 4.31. The van der Waals surface area contributed by atoms with Gasteiger partial charge in [-0.25, -0.2) is 0 Å². The molecule has 2 aliphatic rings. The van der Waals surface area contributed by atoms with E-state index in [1.165, 1.54) is 44.9 Å². The van der Waals surface area contributed by atoms with Crippen LogP contribution in [-0.2, 0) is 4.79 Å². The van der Waals surface area contributed by atoms with Gasteiger partial charge in [0.05, 0.1) is 0 Å². The van der Waals surface area contributed by atoms with Crippen LogP contribution < -0.4 is 0 Å². The molecule has 1 saturated heterocycles. The van der Waals surface area contributed by atoms with Gasteiger partial charge in [-0.05, 0) is 39.2 Å². The van der Waals surface area contributed by atoms with Crippen LogP contribution in [0.4, 0.5) is 0 Å². The quantitative estimate of drug-likeness (QED) is 0.666. The summed E-state index contributed by atoms with van der Waals surface area (Å²) in [5.74, 6) is 0. The zero-order chi connectivity index (χ0) is 10.7. The topological polar surface area (TPSA) is 20.3 Å². The van der Waals surface area contributed by atoms with Gasteiger partial charge >= 0.3 is 0 Å². The molecule has 86 valence electrons. The van der Waals surface area contributed by atoms with Crippen molar-refractivity contribution in [2.24, 2.45) is 5.41 Å². The van der Waals surface area contributed by atoms with Gasteiger partial charge < -0.3 is 4.79 Å². The Bertz CT molecular complexity index is 221. The zero-order valence-electron chi connectivity index (χ0n) is 9.87. The smallest absolute Gasteiger partial charge is 0.127 e. The van der Waals surface area contributed by atoms with Gasteiger partial charge in [-0.1, -0.05) is 19.3 Å². The Hall–Kier alpha value is -0.370. The molecule has 1 atom stereocenters. The zero-order valence-corrected chi connectivity index (χ0v) is 9.87. The second kappa shape index (κ2) is 4.65. The summed E-state index contributed by atoms with van der Waals surface area (Å²) in [5, 5.41) is 0. The van der Waals surface area contributed by atoms with Gasteiger partial charge in [-0.2, -0.15) is 0 Å². The lowest BCUT2D eigenvalue weighted by atomic mass is 9.75. The Kier molecular flexibility index (Phi) is 3.45. The number of carbonyl (C=O) groups excluding carboxylic acids is 1. The number of nitrogens with zero attached hydrogens (tertiary/aromatic N) is 1. The number of likely N-dealkylation sites (tertiary alicyclic amines) is 1. The van der Waals surface area contributed by atoms with Crippen LogP contribution in [0.1, 0.15) is 51.9 Å². The van der Waals surface area contributed by atoms with Crippen LogP contribution in [0, 0.1) is 5.41 Å². The van der Waals surface area contributed by atoms with Gasteiger partial charge in [0, 0.05) is 18.0 Å². The van der Waals surface area contributed by atoms with Gasteiger partial charge in [0.15, 0.2) is 0 Å². The number of aldehydes is 1. The molecule has 0 spiro atoms. The van der Waals surface area contributed by atoms with Crippen LogP contribution >= 0.6 is 0 Å². The van der Waals surface area contributed by atoms with Crippen molar-refractivity contribution in [2.45, 2.75) is 57.9 Å². The fraction of sp³-hybridized carbons (Fsp3) is 0.923. The molecule has 1 heterocycles. The van der Waals surface area contributed by atoms with Gasteiger partial charge in [0.1, 0.15) is 6.29 Å². The maximum atomic E-state index is 11.3. The molecule has 1 saturated carbocycles. The van der Waals surface area contributed by atoms with Gasteiger partial charge in [-0.3, -0.25) is 4.90 Å². The highest BCUT2D eigenvalue weighted by molar-refractivity contribution is 5.60. The first-order valence-corrected chi connectivity index (χ1v) is 6.46. The molecule has 0 N–H and O–H groups in total. The molecule has 15 heavy (non-hydrogen) atoms. The summed E-state index contributed by atoms with van der Waals surface area (Å²) < 4.78 is 0. The molecule has 1 unspecified atom stereocenters. The predicted octanol–water partition coefficient (Wildman–Crippen LogP) is 2.62. The monoisotopic (exact) mass is 209 g/mol. The van der Waals surface area contributed by atoms with E-state index in [1.54, 1.807) is 0 Å². The van der Waals surface area contributed by atoms with Crippen LogP contribution in [0.2, 0.25) is 0 Å². The van der Waals surface area contributed by atoms with Gasteiger partial charge in [0.2, 0.25) is 0 Å². The molecule has 0 bridgehead atoms. The minimum absolute atomic E-state index is 0.0108. The predicted molar refractivity (Wildman–Crippen MR) is 61.9 cm³/mol. The Morgan fingerprint density at radius 3 is 2.53 bits per heavy atom. The molecule has 1 aliphatic heterocycles. The highest BCUT2D eigenvalue weighted by Gasteiger charge is 2.35. The maximum absolute atomic E-state index is 11.3. The summed E-state index contributed by atoms with van der Waals surface area (Å²) in [6.45, 7) is 4.53. The first-order chi connectivity index (χ1) is 7.26. The van der Waals surface area contributed by atoms with Crippen molar-refractivity contribution in [3.8, 4) is 0 Å². The standard InChI is InChI=1S/C13H23NO/c1-12-6-5-9-14(12)10-13(11-15)7-3-2-4-8-13/h11-12H,2-10H2,1H3.